The Labute approximate surface area is 282 Å². The van der Waals surface area contributed by atoms with Gasteiger partial charge >= 0.3 is 0 Å². The van der Waals surface area contributed by atoms with Crippen LogP contribution in [0.3, 0.4) is 0 Å². The number of anilines is 2. The van der Waals surface area contributed by atoms with E-state index in [1.54, 1.807) is 19.1 Å². The molecule has 11 nitrogen and oxygen atoms in total. The Balaban J connectivity index is 1.40. The first-order valence-corrected chi connectivity index (χ1v) is 15.9. The highest BCUT2D eigenvalue weighted by Crippen LogP contribution is 2.67. The van der Waals surface area contributed by atoms with Crippen molar-refractivity contribution in [2.24, 2.45) is 17.8 Å². The number of phenols is 1. The third kappa shape index (κ3) is 4.25. The molecule has 1 saturated carbocycles. The maximum absolute atomic E-state index is 14.5. The minimum absolute atomic E-state index is 0.0192. The summed E-state index contributed by atoms with van der Waals surface area (Å²) in [6, 6.07) is 14.4. The number of halogens is 3. The minimum Gasteiger partial charge on any atom is -0.504 e. The lowest BCUT2D eigenvalue weighted by atomic mass is 9.56. The van der Waals surface area contributed by atoms with Crippen molar-refractivity contribution in [2.75, 3.05) is 16.4 Å². The van der Waals surface area contributed by atoms with Crippen molar-refractivity contribution in [3.8, 4) is 11.5 Å². The number of carbonyl (C=O) groups excluding carboxylic acids is 4. The molecule has 1 N–H and O–H groups in total. The maximum atomic E-state index is 14.5. The first-order valence-electron chi connectivity index (χ1n) is 15.1. The molecular weight excluding hydrogens is 668 g/mol. The Kier molecular flexibility index (Phi) is 7.37. The summed E-state index contributed by atoms with van der Waals surface area (Å²) in [5.74, 6) is -8.09. The molecule has 0 spiro atoms. The minimum atomic E-state index is -2.25. The molecule has 3 aromatic carbocycles. The van der Waals surface area contributed by atoms with Crippen molar-refractivity contribution in [3.63, 3.8) is 0 Å². The molecule has 48 heavy (non-hydrogen) atoms. The number of allylic oxidation sites excluding steroid dienone is 2. The molecule has 3 aromatic rings. The molecule has 2 heterocycles. The van der Waals surface area contributed by atoms with Gasteiger partial charge in [0.05, 0.1) is 34.7 Å². The zero-order valence-corrected chi connectivity index (χ0v) is 26.7. The molecule has 3 fully saturated rings. The van der Waals surface area contributed by atoms with Gasteiger partial charge in [0.1, 0.15) is 5.82 Å². The van der Waals surface area contributed by atoms with Gasteiger partial charge in [-0.25, -0.2) is 14.2 Å². The van der Waals surface area contributed by atoms with E-state index in [9.17, 15) is 38.8 Å². The van der Waals surface area contributed by atoms with E-state index in [2.05, 4.69) is 0 Å². The number of para-hydroxylation sites is 1. The molecule has 6 atom stereocenters. The average Bonchev–Trinajstić information content (AvgIpc) is 3.40. The highest BCUT2D eigenvalue weighted by atomic mass is 35.5. The van der Waals surface area contributed by atoms with Gasteiger partial charge in [-0.05, 0) is 62.1 Å². The van der Waals surface area contributed by atoms with E-state index in [-0.39, 0.29) is 53.6 Å². The van der Waals surface area contributed by atoms with Crippen LogP contribution in [-0.4, -0.2) is 50.0 Å². The summed E-state index contributed by atoms with van der Waals surface area (Å²) >= 11 is 14.7. The number of nitro benzene ring substituents is 1. The molecule has 7 rings (SSSR count). The zero-order valence-electron chi connectivity index (χ0n) is 25.1. The summed E-state index contributed by atoms with van der Waals surface area (Å²) in [4.78, 5) is 65.0. The monoisotopic (exact) mass is 693 g/mol. The number of phenolic OH excluding ortho intramolecular Hbond substituents is 1. The van der Waals surface area contributed by atoms with E-state index in [1.807, 2.05) is 0 Å². The second-order valence-corrected chi connectivity index (χ2v) is 13.4. The van der Waals surface area contributed by atoms with Gasteiger partial charge in [0.25, 0.3) is 17.5 Å². The Morgan fingerprint density at radius 2 is 1.67 bits per heavy atom. The van der Waals surface area contributed by atoms with Gasteiger partial charge in [0.15, 0.2) is 21.2 Å². The number of nitro groups is 1. The standard InChI is InChI=1S/C34H26Cl2FN3O8/c1-2-48-25-8-4-7-23(28(25)41)27-21-13-14-22-26(30(43)38(29(22)42)19-5-3-6-20(15-19)40(46)47)24(21)16-33(35)31(44)39(32(45)34(27,33)36)18-11-9-17(37)10-12-18/h3-13,15,22,24,26-27,41H,2,14,16H2,1H3/t22-,24+,26-,27+,33+,34-/m0/s1. The van der Waals surface area contributed by atoms with Crippen molar-refractivity contribution in [1.82, 2.24) is 0 Å². The number of alkyl halides is 2. The van der Waals surface area contributed by atoms with E-state index in [1.165, 1.54) is 42.5 Å². The lowest BCUT2D eigenvalue weighted by molar-refractivity contribution is -0.384. The molecule has 4 amide bonds. The highest BCUT2D eigenvalue weighted by Gasteiger charge is 2.77. The fourth-order valence-corrected chi connectivity index (χ4v) is 8.72. The molecule has 0 aromatic heterocycles. The molecule has 14 heteroatoms. The summed E-state index contributed by atoms with van der Waals surface area (Å²) in [7, 11) is 0. The molecule has 246 valence electrons. The van der Waals surface area contributed by atoms with Gasteiger partial charge in [-0.2, -0.15) is 0 Å². The summed E-state index contributed by atoms with van der Waals surface area (Å²) in [5, 5.41) is 23.0. The Morgan fingerprint density at radius 3 is 2.35 bits per heavy atom. The fraction of sp³-hybridized carbons (Fsp3) is 0.294. The van der Waals surface area contributed by atoms with Crippen molar-refractivity contribution in [3.05, 3.63) is 99.9 Å². The van der Waals surface area contributed by atoms with Crippen LogP contribution in [0, 0.1) is 33.7 Å². The van der Waals surface area contributed by atoms with Crippen LogP contribution in [0.4, 0.5) is 21.5 Å². The number of hydrogen-bond acceptors (Lipinski definition) is 8. The second kappa shape index (κ2) is 11.1. The number of nitrogens with zero attached hydrogens (tertiary/aromatic N) is 3. The fourth-order valence-electron chi connectivity index (χ4n) is 7.79. The Bertz CT molecular complexity index is 1970. The average molecular weight is 694 g/mol. The van der Waals surface area contributed by atoms with Crippen molar-refractivity contribution in [1.29, 1.82) is 0 Å². The number of non-ortho nitro benzene ring substituents is 1. The molecule has 4 aliphatic rings. The predicted molar refractivity (Wildman–Crippen MR) is 171 cm³/mol. The van der Waals surface area contributed by atoms with Crippen LogP contribution in [-0.2, 0) is 19.2 Å². The molecule has 2 aliphatic heterocycles. The predicted octanol–water partition coefficient (Wildman–Crippen LogP) is 5.61. The largest absolute Gasteiger partial charge is 0.504 e. The quantitative estimate of drug-likeness (QED) is 0.115. The number of rotatable bonds is 6. The SMILES string of the molecule is CCOc1cccc([C@H]2C3=CC[C@@H]4C(=O)N(c5cccc([N+](=O)[O-])c5)C(=O)[C@@H]4[C@@H]3C[C@@]3(Cl)C(=O)N(c4ccc(F)cc4)C(=O)[C@@]23Cl)c1O. The molecular formula is C34H26Cl2FN3O8. The highest BCUT2D eigenvalue weighted by molar-refractivity contribution is 6.58. The third-order valence-corrected chi connectivity index (χ3v) is 11.2. The third-order valence-electron chi connectivity index (χ3n) is 9.84. The van der Waals surface area contributed by atoms with Gasteiger partial charge < -0.3 is 9.84 Å². The van der Waals surface area contributed by atoms with Gasteiger partial charge in [-0.3, -0.25) is 29.3 Å². The van der Waals surface area contributed by atoms with Gasteiger partial charge in [-0.1, -0.05) is 29.8 Å². The van der Waals surface area contributed by atoms with Crippen LogP contribution in [0.15, 0.2) is 78.4 Å². The van der Waals surface area contributed by atoms with Gasteiger partial charge in [0, 0.05) is 23.6 Å². The molecule has 0 unspecified atom stereocenters. The summed E-state index contributed by atoms with van der Waals surface area (Å²) < 4.78 is 19.5. The number of imide groups is 2. The maximum Gasteiger partial charge on any atom is 0.271 e. The number of carbonyl (C=O) groups is 4. The van der Waals surface area contributed by atoms with Crippen LogP contribution in [0.25, 0.3) is 0 Å². The normalized spacial score (nSPS) is 29.4. The van der Waals surface area contributed by atoms with Crippen molar-refractivity contribution in [2.45, 2.75) is 35.4 Å². The van der Waals surface area contributed by atoms with Crippen LogP contribution in [0.2, 0.25) is 0 Å². The van der Waals surface area contributed by atoms with Crippen LogP contribution < -0.4 is 14.5 Å². The van der Waals surface area contributed by atoms with Gasteiger partial charge in [-0.15, -0.1) is 23.2 Å². The number of benzene rings is 3. The van der Waals surface area contributed by atoms with E-state index in [4.69, 9.17) is 27.9 Å². The summed E-state index contributed by atoms with van der Waals surface area (Å²) in [5.41, 5.74) is 0.268. The molecule has 0 bridgehead atoms. The topological polar surface area (TPSA) is 147 Å². The van der Waals surface area contributed by atoms with Crippen LogP contribution in [0.5, 0.6) is 11.5 Å². The van der Waals surface area contributed by atoms with Crippen LogP contribution >= 0.6 is 23.2 Å². The smallest absolute Gasteiger partial charge is 0.271 e. The first kappa shape index (κ1) is 31.8. The number of hydrogen-bond donors (Lipinski definition) is 1. The number of amides is 4. The number of fused-ring (bicyclic) bond motifs is 4. The van der Waals surface area contributed by atoms with Gasteiger partial charge in [0.2, 0.25) is 11.8 Å². The van der Waals surface area contributed by atoms with Crippen LogP contribution in [0.1, 0.15) is 31.2 Å². The zero-order chi connectivity index (χ0) is 34.3. The number of ether oxygens (including phenoxy) is 1. The number of aromatic hydroxyl groups is 1. The van der Waals surface area contributed by atoms with E-state index >= 15 is 0 Å². The first-order chi connectivity index (χ1) is 22.8. The lowest BCUT2D eigenvalue weighted by Gasteiger charge is -2.50. The van der Waals surface area contributed by atoms with E-state index in [0.29, 0.717) is 5.57 Å². The summed E-state index contributed by atoms with van der Waals surface area (Å²) in [6.07, 6.45) is 1.41. The molecule has 0 radical (unpaired) electrons. The Hall–Kier alpha value is -4.81. The van der Waals surface area contributed by atoms with E-state index in [0.717, 1.165) is 28.0 Å². The molecule has 2 saturated heterocycles. The lowest BCUT2D eigenvalue weighted by Crippen LogP contribution is -2.60. The Morgan fingerprint density at radius 1 is 0.958 bits per heavy atom. The van der Waals surface area contributed by atoms with Crippen molar-refractivity contribution < 1.29 is 38.3 Å². The molecule has 2 aliphatic carbocycles. The second-order valence-electron chi connectivity index (χ2n) is 12.2. The van der Waals surface area contributed by atoms with E-state index < -0.39 is 67.8 Å². The summed E-state index contributed by atoms with van der Waals surface area (Å²) in [6.45, 7) is 1.91. The van der Waals surface area contributed by atoms with Crippen molar-refractivity contribution >= 4 is 63.9 Å².